The lowest BCUT2D eigenvalue weighted by atomic mass is 9.95. The molecule has 2 aliphatic rings. The highest BCUT2D eigenvalue weighted by molar-refractivity contribution is 7.92. The zero-order chi connectivity index (χ0) is 18.8. The van der Waals surface area contributed by atoms with Gasteiger partial charge in [-0.25, -0.2) is 8.42 Å². The van der Waals surface area contributed by atoms with E-state index in [0.717, 1.165) is 29.8 Å². The van der Waals surface area contributed by atoms with Gasteiger partial charge in [0.1, 0.15) is 0 Å². The van der Waals surface area contributed by atoms with Crippen LogP contribution < -0.4 is 0 Å². The first-order valence-corrected chi connectivity index (χ1v) is 11.5. The summed E-state index contributed by atoms with van der Waals surface area (Å²) in [6.45, 7) is 4.37. The predicted molar refractivity (Wildman–Crippen MR) is 107 cm³/mol. The molecule has 0 spiro atoms. The number of sulfone groups is 1. The first kappa shape index (κ1) is 17.2. The summed E-state index contributed by atoms with van der Waals surface area (Å²) in [5.41, 5.74) is 4.32. The maximum atomic E-state index is 13.1. The van der Waals surface area contributed by atoms with E-state index in [1.54, 1.807) is 22.1 Å². The van der Waals surface area contributed by atoms with Crippen molar-refractivity contribution in [2.24, 2.45) is 7.05 Å². The summed E-state index contributed by atoms with van der Waals surface area (Å²) in [4.78, 5) is 4.15. The molecule has 5 rings (SSSR count). The Morgan fingerprint density at radius 1 is 1.22 bits per heavy atom. The fourth-order valence-corrected chi connectivity index (χ4v) is 7.52. The van der Waals surface area contributed by atoms with E-state index in [1.165, 1.54) is 10.4 Å². The second kappa shape index (κ2) is 6.02. The van der Waals surface area contributed by atoms with Crippen molar-refractivity contribution in [1.29, 1.82) is 0 Å². The Kier molecular flexibility index (Phi) is 3.83. The lowest BCUT2D eigenvalue weighted by molar-refractivity contribution is 0.328. The van der Waals surface area contributed by atoms with Crippen molar-refractivity contribution in [2.75, 3.05) is 13.1 Å². The highest BCUT2D eigenvalue weighted by Gasteiger charge is 2.50. The van der Waals surface area contributed by atoms with Gasteiger partial charge in [0, 0.05) is 49.2 Å². The van der Waals surface area contributed by atoms with Crippen LogP contribution in [0.3, 0.4) is 0 Å². The molecule has 0 amide bonds. The second-order valence-corrected chi connectivity index (χ2v) is 10.7. The van der Waals surface area contributed by atoms with E-state index in [0.29, 0.717) is 11.4 Å². The zero-order valence-electron chi connectivity index (χ0n) is 15.3. The summed E-state index contributed by atoms with van der Waals surface area (Å²) in [5.74, 6) is 0.0573. The molecule has 5 nitrogen and oxygen atoms in total. The molecule has 2 atom stereocenters. The van der Waals surface area contributed by atoms with Crippen LogP contribution in [0.1, 0.15) is 21.9 Å². The predicted octanol–water partition coefficient (Wildman–Crippen LogP) is 3.21. The Hall–Kier alpha value is -1.96. The Balaban J connectivity index is 1.49. The molecular weight excluding hydrogens is 378 g/mol. The van der Waals surface area contributed by atoms with Crippen molar-refractivity contribution in [2.45, 2.75) is 29.5 Å². The van der Waals surface area contributed by atoms with E-state index < -0.39 is 9.84 Å². The number of rotatable bonds is 3. The summed E-state index contributed by atoms with van der Waals surface area (Å²) in [6, 6.07) is 7.89. The minimum atomic E-state index is -3.26. The van der Waals surface area contributed by atoms with Gasteiger partial charge in [-0.05, 0) is 47.2 Å². The van der Waals surface area contributed by atoms with Crippen molar-refractivity contribution < 1.29 is 8.42 Å². The molecule has 140 valence electrons. The number of aryl methyl sites for hydroxylation is 2. The van der Waals surface area contributed by atoms with Crippen molar-refractivity contribution in [3.8, 4) is 11.1 Å². The van der Waals surface area contributed by atoms with Gasteiger partial charge in [-0.2, -0.15) is 5.10 Å². The quantitative estimate of drug-likeness (QED) is 0.679. The molecule has 7 heteroatoms. The van der Waals surface area contributed by atoms with Crippen LogP contribution in [0.5, 0.6) is 0 Å². The smallest absolute Gasteiger partial charge is 0.183 e. The van der Waals surface area contributed by atoms with Crippen LogP contribution in [-0.2, 0) is 23.4 Å². The number of fused-ring (bicyclic) bond motifs is 3. The molecule has 0 N–H and O–H groups in total. The topological polar surface area (TPSA) is 55.2 Å². The summed E-state index contributed by atoms with van der Waals surface area (Å²) in [6.07, 6.45) is 3.78. The van der Waals surface area contributed by atoms with Crippen molar-refractivity contribution in [3.05, 3.63) is 58.0 Å². The monoisotopic (exact) mass is 399 g/mol. The largest absolute Gasteiger partial charge is 0.296 e. The second-order valence-electron chi connectivity index (χ2n) is 7.57. The molecule has 0 bridgehead atoms. The van der Waals surface area contributed by atoms with Gasteiger partial charge in [0.2, 0.25) is 0 Å². The molecule has 0 radical (unpaired) electrons. The van der Waals surface area contributed by atoms with Crippen LogP contribution in [0.15, 0.2) is 46.9 Å². The zero-order valence-corrected chi connectivity index (χ0v) is 16.9. The van der Waals surface area contributed by atoms with E-state index in [9.17, 15) is 8.42 Å². The maximum absolute atomic E-state index is 13.1. The number of aromatic nitrogens is 2. The Bertz CT molecular complexity index is 1130. The van der Waals surface area contributed by atoms with Gasteiger partial charge in [-0.15, -0.1) is 11.3 Å². The van der Waals surface area contributed by atoms with E-state index in [-0.39, 0.29) is 11.2 Å². The number of hydrogen-bond acceptors (Lipinski definition) is 5. The average Bonchev–Trinajstić information content (AvgIpc) is 3.38. The highest BCUT2D eigenvalue weighted by atomic mass is 32.2. The molecule has 27 heavy (non-hydrogen) atoms. The lowest BCUT2D eigenvalue weighted by Crippen LogP contribution is -2.25. The van der Waals surface area contributed by atoms with Crippen LogP contribution in [0.2, 0.25) is 0 Å². The fraction of sp³-hybridized carbons (Fsp3) is 0.350. The Labute approximate surface area is 163 Å². The number of benzene rings is 1. The molecular formula is C20H21N3O2S2. The van der Waals surface area contributed by atoms with Crippen LogP contribution >= 0.6 is 11.3 Å². The normalized spacial score (nSPS) is 23.5. The SMILES string of the molecule is Cc1ccsc1CN1C[C@@H]2c3cc(-c4cnn(C)c4)ccc3S(=O)(=O)[C@@H]2C1. The van der Waals surface area contributed by atoms with Gasteiger partial charge in [0.25, 0.3) is 0 Å². The third kappa shape index (κ3) is 2.68. The van der Waals surface area contributed by atoms with Crippen LogP contribution in [-0.4, -0.2) is 41.4 Å². The highest BCUT2D eigenvalue weighted by Crippen LogP contribution is 2.46. The Morgan fingerprint density at radius 3 is 2.78 bits per heavy atom. The van der Waals surface area contributed by atoms with E-state index in [2.05, 4.69) is 34.4 Å². The maximum Gasteiger partial charge on any atom is 0.183 e. The molecule has 1 aromatic carbocycles. The van der Waals surface area contributed by atoms with Crippen molar-refractivity contribution >= 4 is 21.2 Å². The van der Waals surface area contributed by atoms with E-state index >= 15 is 0 Å². The van der Waals surface area contributed by atoms with Crippen LogP contribution in [0.4, 0.5) is 0 Å². The third-order valence-electron chi connectivity index (χ3n) is 5.83. The Morgan fingerprint density at radius 2 is 2.07 bits per heavy atom. The number of likely N-dealkylation sites (tertiary alicyclic amines) is 1. The average molecular weight is 400 g/mol. The molecule has 1 fully saturated rings. The summed E-state index contributed by atoms with van der Waals surface area (Å²) < 4.78 is 28.0. The van der Waals surface area contributed by atoms with Gasteiger partial charge in [0.15, 0.2) is 9.84 Å². The van der Waals surface area contributed by atoms with Gasteiger partial charge in [-0.3, -0.25) is 9.58 Å². The number of nitrogens with zero attached hydrogens (tertiary/aromatic N) is 3. The molecule has 2 aliphatic heterocycles. The molecule has 0 unspecified atom stereocenters. The standard InChI is InChI=1S/C20H21N3O2S2/c1-13-5-6-26-18(13)11-23-10-17-16-7-14(15-8-21-22(2)9-15)3-4-19(16)27(24,25)20(17)12-23/h3-9,17,20H,10-12H2,1-2H3/t17-,20-/m1/s1. The summed E-state index contributed by atoms with van der Waals surface area (Å²) in [7, 11) is -1.37. The lowest BCUT2D eigenvalue weighted by Gasteiger charge is -2.17. The van der Waals surface area contributed by atoms with Gasteiger partial charge >= 0.3 is 0 Å². The molecule has 0 saturated carbocycles. The van der Waals surface area contributed by atoms with Crippen molar-refractivity contribution in [1.82, 2.24) is 14.7 Å². The van der Waals surface area contributed by atoms with Crippen molar-refractivity contribution in [3.63, 3.8) is 0 Å². The number of thiophene rings is 1. The molecule has 4 heterocycles. The first-order chi connectivity index (χ1) is 12.9. The third-order valence-corrected chi connectivity index (χ3v) is 9.10. The van der Waals surface area contributed by atoms with Crippen LogP contribution in [0.25, 0.3) is 11.1 Å². The molecule has 0 aliphatic carbocycles. The van der Waals surface area contributed by atoms with E-state index in [1.807, 2.05) is 25.5 Å². The van der Waals surface area contributed by atoms with Gasteiger partial charge < -0.3 is 0 Å². The minimum Gasteiger partial charge on any atom is -0.296 e. The molecule has 2 aromatic heterocycles. The molecule has 3 aromatic rings. The first-order valence-electron chi connectivity index (χ1n) is 9.05. The van der Waals surface area contributed by atoms with Gasteiger partial charge in [-0.1, -0.05) is 6.07 Å². The summed E-state index contributed by atoms with van der Waals surface area (Å²) in [5, 5.41) is 6.02. The fourth-order valence-electron chi connectivity index (χ4n) is 4.37. The minimum absolute atomic E-state index is 0.0573. The van der Waals surface area contributed by atoms with E-state index in [4.69, 9.17) is 0 Å². The number of hydrogen-bond donors (Lipinski definition) is 0. The van der Waals surface area contributed by atoms with Crippen LogP contribution in [0, 0.1) is 6.92 Å². The summed E-state index contributed by atoms with van der Waals surface area (Å²) >= 11 is 1.75. The van der Waals surface area contributed by atoms with Gasteiger partial charge in [0.05, 0.1) is 16.3 Å². The molecule has 1 saturated heterocycles.